The number of hydrogen-bond donors (Lipinski definition) is 2. The molecule has 0 aliphatic carbocycles. The second-order valence-electron chi connectivity index (χ2n) is 6.46. The number of benzene rings is 2. The average molecular weight is 353 g/mol. The molecule has 2 aromatic rings. The zero-order valence-electron chi connectivity index (χ0n) is 14.7. The van der Waals surface area contributed by atoms with Crippen molar-refractivity contribution >= 4 is 28.5 Å². The van der Waals surface area contributed by atoms with Crippen molar-refractivity contribution in [3.05, 3.63) is 48.0 Å². The number of hydrogen-bond acceptors (Lipinski definition) is 3. The van der Waals surface area contributed by atoms with Crippen LogP contribution in [0.15, 0.2) is 42.5 Å². The topological polar surface area (TPSA) is 78.5 Å². The van der Waals surface area contributed by atoms with Gasteiger partial charge in [0.1, 0.15) is 0 Å². The molecule has 0 spiro atoms. The minimum absolute atomic E-state index is 0.0158. The summed E-state index contributed by atoms with van der Waals surface area (Å²) in [7, 11) is 0. The zero-order valence-corrected chi connectivity index (χ0v) is 14.7. The molecular weight excluding hydrogens is 330 g/mol. The minimum Gasteiger partial charge on any atom is -0.347 e. The van der Waals surface area contributed by atoms with Crippen LogP contribution >= 0.6 is 0 Å². The second-order valence-corrected chi connectivity index (χ2v) is 6.46. The first-order valence-electron chi connectivity index (χ1n) is 8.91. The van der Waals surface area contributed by atoms with Crippen LogP contribution < -0.4 is 10.6 Å². The highest BCUT2D eigenvalue weighted by molar-refractivity contribution is 5.92. The first-order chi connectivity index (χ1) is 12.6. The molecule has 1 aliphatic rings. The number of nitrogens with one attached hydrogen (secondary N) is 2. The van der Waals surface area contributed by atoms with Gasteiger partial charge in [0, 0.05) is 13.1 Å². The van der Waals surface area contributed by atoms with Gasteiger partial charge in [0.25, 0.3) is 0 Å². The summed E-state index contributed by atoms with van der Waals surface area (Å²) < 4.78 is 0. The highest BCUT2D eigenvalue weighted by Gasteiger charge is 2.18. The molecule has 0 unspecified atom stereocenters. The molecule has 0 bridgehead atoms. The Morgan fingerprint density at radius 3 is 2.35 bits per heavy atom. The fraction of sp³-hybridized carbons (Fsp3) is 0.350. The van der Waals surface area contributed by atoms with Gasteiger partial charge in [0.15, 0.2) is 0 Å². The Balaban J connectivity index is 1.44. The van der Waals surface area contributed by atoms with Crippen LogP contribution in [-0.2, 0) is 20.8 Å². The van der Waals surface area contributed by atoms with Crippen LogP contribution in [0.3, 0.4) is 0 Å². The number of carbonyl (C=O) groups is 3. The van der Waals surface area contributed by atoms with E-state index in [1.807, 2.05) is 42.5 Å². The van der Waals surface area contributed by atoms with Crippen LogP contribution in [0.2, 0.25) is 0 Å². The van der Waals surface area contributed by atoms with E-state index in [2.05, 4.69) is 10.6 Å². The van der Waals surface area contributed by atoms with E-state index in [1.54, 1.807) is 4.90 Å². The van der Waals surface area contributed by atoms with Gasteiger partial charge in [-0.05, 0) is 29.2 Å². The smallest absolute Gasteiger partial charge is 0.241 e. The quantitative estimate of drug-likeness (QED) is 0.820. The number of rotatable bonds is 6. The van der Waals surface area contributed by atoms with Crippen molar-refractivity contribution in [3.63, 3.8) is 0 Å². The lowest BCUT2D eigenvalue weighted by Crippen LogP contribution is -2.43. The lowest BCUT2D eigenvalue weighted by atomic mass is 10.0. The molecule has 0 aromatic heterocycles. The Morgan fingerprint density at radius 2 is 1.54 bits per heavy atom. The summed E-state index contributed by atoms with van der Waals surface area (Å²) in [5.74, 6) is -0.649. The summed E-state index contributed by atoms with van der Waals surface area (Å²) in [6.07, 6.45) is 2.25. The van der Waals surface area contributed by atoms with Gasteiger partial charge in [0.2, 0.25) is 17.7 Å². The third kappa shape index (κ3) is 4.59. The fourth-order valence-electron chi connectivity index (χ4n) is 3.18. The summed E-state index contributed by atoms with van der Waals surface area (Å²) in [5.41, 5.74) is 0.921. The van der Waals surface area contributed by atoms with Crippen LogP contribution in [0.5, 0.6) is 0 Å². The molecule has 1 fully saturated rings. The van der Waals surface area contributed by atoms with Crippen LogP contribution in [0.25, 0.3) is 10.8 Å². The predicted molar refractivity (Wildman–Crippen MR) is 99.5 cm³/mol. The summed E-state index contributed by atoms with van der Waals surface area (Å²) in [5, 5.41) is 7.29. The molecule has 1 saturated heterocycles. The average Bonchev–Trinajstić information content (AvgIpc) is 3.19. The lowest BCUT2D eigenvalue weighted by molar-refractivity contribution is -0.132. The Hall–Kier alpha value is -2.89. The first-order valence-corrected chi connectivity index (χ1v) is 8.91. The van der Waals surface area contributed by atoms with Crippen molar-refractivity contribution in [1.82, 2.24) is 15.5 Å². The van der Waals surface area contributed by atoms with Crippen LogP contribution in [0.4, 0.5) is 0 Å². The molecule has 1 heterocycles. The van der Waals surface area contributed by atoms with E-state index in [0.29, 0.717) is 0 Å². The zero-order chi connectivity index (χ0) is 18.4. The number of amides is 3. The molecule has 3 amide bonds. The van der Waals surface area contributed by atoms with Crippen molar-refractivity contribution in [1.29, 1.82) is 0 Å². The number of likely N-dealkylation sites (tertiary alicyclic amines) is 1. The van der Waals surface area contributed by atoms with Gasteiger partial charge in [-0.3, -0.25) is 14.4 Å². The van der Waals surface area contributed by atoms with Crippen LogP contribution in [0.1, 0.15) is 18.4 Å². The molecule has 0 saturated carbocycles. The van der Waals surface area contributed by atoms with Crippen molar-refractivity contribution in [2.45, 2.75) is 19.3 Å². The molecule has 136 valence electrons. The van der Waals surface area contributed by atoms with E-state index < -0.39 is 0 Å². The van der Waals surface area contributed by atoms with Gasteiger partial charge < -0.3 is 15.5 Å². The molecule has 2 aromatic carbocycles. The highest BCUT2D eigenvalue weighted by atomic mass is 16.2. The van der Waals surface area contributed by atoms with Gasteiger partial charge in [-0.15, -0.1) is 0 Å². The third-order valence-electron chi connectivity index (χ3n) is 4.57. The largest absolute Gasteiger partial charge is 0.347 e. The van der Waals surface area contributed by atoms with E-state index >= 15 is 0 Å². The molecular formula is C20H23N3O3. The fourth-order valence-corrected chi connectivity index (χ4v) is 3.18. The maximum Gasteiger partial charge on any atom is 0.241 e. The maximum absolute atomic E-state index is 12.1. The molecule has 3 rings (SSSR count). The van der Waals surface area contributed by atoms with Gasteiger partial charge in [0.05, 0.1) is 19.5 Å². The Morgan fingerprint density at radius 1 is 0.846 bits per heavy atom. The molecule has 0 radical (unpaired) electrons. The molecule has 6 heteroatoms. The molecule has 0 atom stereocenters. The third-order valence-corrected chi connectivity index (χ3v) is 4.57. The lowest BCUT2D eigenvalue weighted by Gasteiger charge is -2.15. The number of fused-ring (bicyclic) bond motifs is 1. The van der Waals surface area contributed by atoms with E-state index in [4.69, 9.17) is 0 Å². The number of carbonyl (C=O) groups excluding carboxylic acids is 3. The van der Waals surface area contributed by atoms with Gasteiger partial charge in [-0.2, -0.15) is 0 Å². The summed E-state index contributed by atoms with van der Waals surface area (Å²) >= 11 is 0. The van der Waals surface area contributed by atoms with Gasteiger partial charge in [-0.25, -0.2) is 0 Å². The van der Waals surface area contributed by atoms with Gasteiger partial charge in [-0.1, -0.05) is 42.5 Å². The van der Waals surface area contributed by atoms with Gasteiger partial charge >= 0.3 is 0 Å². The monoisotopic (exact) mass is 353 g/mol. The minimum atomic E-state index is -0.358. The Bertz CT molecular complexity index is 808. The van der Waals surface area contributed by atoms with E-state index in [1.165, 1.54) is 0 Å². The molecule has 26 heavy (non-hydrogen) atoms. The Labute approximate surface area is 152 Å². The summed E-state index contributed by atoms with van der Waals surface area (Å²) in [4.78, 5) is 37.6. The summed E-state index contributed by atoms with van der Waals surface area (Å²) in [6.45, 7) is 1.38. The molecule has 1 aliphatic heterocycles. The van der Waals surface area contributed by atoms with Crippen molar-refractivity contribution < 1.29 is 14.4 Å². The highest BCUT2D eigenvalue weighted by Crippen LogP contribution is 2.18. The van der Waals surface area contributed by atoms with E-state index in [0.717, 1.165) is 42.3 Å². The van der Waals surface area contributed by atoms with Crippen LogP contribution in [-0.4, -0.2) is 48.8 Å². The number of nitrogens with zero attached hydrogens (tertiary/aromatic N) is 1. The first kappa shape index (κ1) is 17.9. The van der Waals surface area contributed by atoms with Crippen molar-refractivity contribution in [2.24, 2.45) is 0 Å². The Kier molecular flexibility index (Phi) is 5.84. The normalized spacial score (nSPS) is 13.6. The second kappa shape index (κ2) is 8.47. The standard InChI is InChI=1S/C20H23N3O3/c24-18(12-16-8-5-7-15-6-1-2-9-17(15)16)21-13-19(25)22-14-20(26)23-10-3-4-11-23/h1-2,5-9H,3-4,10-14H2,(H,21,24)(H,22,25). The van der Waals surface area contributed by atoms with E-state index in [9.17, 15) is 14.4 Å². The van der Waals surface area contributed by atoms with Crippen molar-refractivity contribution in [2.75, 3.05) is 26.2 Å². The summed E-state index contributed by atoms with van der Waals surface area (Å²) in [6, 6.07) is 13.7. The van der Waals surface area contributed by atoms with E-state index in [-0.39, 0.29) is 37.2 Å². The van der Waals surface area contributed by atoms with Crippen LogP contribution in [0, 0.1) is 0 Å². The predicted octanol–water partition coefficient (Wildman–Crippen LogP) is 1.24. The molecule has 6 nitrogen and oxygen atoms in total. The van der Waals surface area contributed by atoms with Crippen molar-refractivity contribution in [3.8, 4) is 0 Å². The SMILES string of the molecule is O=C(CNC(=O)Cc1cccc2ccccc12)NCC(=O)N1CCCC1. The molecule has 2 N–H and O–H groups in total. The maximum atomic E-state index is 12.1.